The van der Waals surface area contributed by atoms with E-state index in [0.29, 0.717) is 19.5 Å². The Balaban J connectivity index is 1.80. The Labute approximate surface area is 149 Å². The molecule has 1 aromatic carbocycles. The number of hydrogen-bond donors (Lipinski definition) is 2. The van der Waals surface area contributed by atoms with E-state index in [9.17, 15) is 14.4 Å². The van der Waals surface area contributed by atoms with Crippen LogP contribution in [0.5, 0.6) is 0 Å². The van der Waals surface area contributed by atoms with Gasteiger partial charge in [0.1, 0.15) is 6.04 Å². The topological polar surface area (TPSA) is 78.5 Å². The molecule has 0 aromatic heterocycles. The number of nitrogens with one attached hydrogen (secondary N) is 2. The number of nitrogens with zero attached hydrogens (tertiary/aromatic N) is 1. The summed E-state index contributed by atoms with van der Waals surface area (Å²) in [5, 5.41) is 5.45. The van der Waals surface area contributed by atoms with Crippen LogP contribution < -0.4 is 10.6 Å². The van der Waals surface area contributed by atoms with Gasteiger partial charge >= 0.3 is 0 Å². The van der Waals surface area contributed by atoms with Crippen molar-refractivity contribution in [1.29, 1.82) is 0 Å². The predicted octanol–water partition coefficient (Wildman–Crippen LogP) is 1.42. The first-order valence-electron chi connectivity index (χ1n) is 8.91. The predicted molar refractivity (Wildman–Crippen MR) is 95.9 cm³/mol. The molecule has 3 amide bonds. The molecule has 2 rings (SSSR count). The number of amides is 3. The lowest BCUT2D eigenvalue weighted by atomic mass is 9.99. The molecule has 1 aromatic rings. The molecule has 2 atom stereocenters. The molecule has 0 radical (unpaired) electrons. The van der Waals surface area contributed by atoms with Crippen LogP contribution >= 0.6 is 0 Å². The molecule has 6 heteroatoms. The fourth-order valence-electron chi connectivity index (χ4n) is 2.94. The minimum atomic E-state index is -0.605. The van der Waals surface area contributed by atoms with Gasteiger partial charge in [-0.2, -0.15) is 0 Å². The van der Waals surface area contributed by atoms with E-state index in [4.69, 9.17) is 0 Å². The lowest BCUT2D eigenvalue weighted by Crippen LogP contribution is -2.48. The summed E-state index contributed by atoms with van der Waals surface area (Å²) in [6.07, 6.45) is 2.33. The van der Waals surface area contributed by atoms with Crippen molar-refractivity contribution in [2.24, 2.45) is 0 Å². The van der Waals surface area contributed by atoms with E-state index in [2.05, 4.69) is 10.6 Å². The maximum absolute atomic E-state index is 12.2. The van der Waals surface area contributed by atoms with Crippen LogP contribution in [-0.4, -0.2) is 48.3 Å². The van der Waals surface area contributed by atoms with Crippen LogP contribution in [-0.2, 0) is 14.4 Å². The van der Waals surface area contributed by atoms with Crippen molar-refractivity contribution in [1.82, 2.24) is 15.5 Å². The fourth-order valence-corrected chi connectivity index (χ4v) is 2.94. The maximum atomic E-state index is 12.2. The van der Waals surface area contributed by atoms with Crippen molar-refractivity contribution in [3.8, 4) is 0 Å². The van der Waals surface area contributed by atoms with E-state index in [1.54, 1.807) is 11.8 Å². The van der Waals surface area contributed by atoms with E-state index in [1.807, 2.05) is 37.3 Å². The average Bonchev–Trinajstić information content (AvgIpc) is 2.96. The molecular weight excluding hydrogens is 318 g/mol. The summed E-state index contributed by atoms with van der Waals surface area (Å²) in [4.78, 5) is 37.8. The zero-order valence-electron chi connectivity index (χ0n) is 15.0. The number of unbranched alkanes of at least 4 members (excludes halogenated alkanes) is 1. The second-order valence-corrected chi connectivity index (χ2v) is 6.52. The van der Waals surface area contributed by atoms with Gasteiger partial charge in [0.2, 0.25) is 17.7 Å². The highest BCUT2D eigenvalue weighted by Crippen LogP contribution is 2.27. The van der Waals surface area contributed by atoms with Crippen molar-refractivity contribution < 1.29 is 14.4 Å². The molecule has 1 heterocycles. The Kier molecular flexibility index (Phi) is 6.98. The number of likely N-dealkylation sites (tertiary alicyclic amines) is 1. The van der Waals surface area contributed by atoms with Gasteiger partial charge in [0.15, 0.2) is 0 Å². The molecule has 1 saturated heterocycles. The monoisotopic (exact) mass is 345 g/mol. The Morgan fingerprint density at radius 3 is 2.68 bits per heavy atom. The summed E-state index contributed by atoms with van der Waals surface area (Å²) in [5.74, 6) is -0.405. The smallest absolute Gasteiger partial charge is 0.242 e. The average molecular weight is 345 g/mol. The highest BCUT2D eigenvalue weighted by molar-refractivity contribution is 5.90. The third-order valence-corrected chi connectivity index (χ3v) is 4.42. The maximum Gasteiger partial charge on any atom is 0.242 e. The number of rotatable bonds is 8. The molecule has 0 spiro atoms. The normalized spacial score (nSPS) is 18.1. The van der Waals surface area contributed by atoms with Gasteiger partial charge in [0.25, 0.3) is 0 Å². The van der Waals surface area contributed by atoms with Crippen molar-refractivity contribution in [2.75, 3.05) is 19.6 Å². The van der Waals surface area contributed by atoms with E-state index < -0.39 is 6.04 Å². The van der Waals surface area contributed by atoms with Crippen molar-refractivity contribution >= 4 is 17.7 Å². The lowest BCUT2D eigenvalue weighted by molar-refractivity contribution is -0.134. The van der Waals surface area contributed by atoms with Gasteiger partial charge in [0.05, 0.1) is 6.54 Å². The molecule has 1 aliphatic heterocycles. The molecule has 1 aliphatic rings. The molecule has 6 nitrogen and oxygen atoms in total. The summed E-state index contributed by atoms with van der Waals surface area (Å²) in [6.45, 7) is 4.84. The Morgan fingerprint density at radius 1 is 1.28 bits per heavy atom. The molecule has 2 N–H and O–H groups in total. The molecule has 0 unspecified atom stereocenters. The highest BCUT2D eigenvalue weighted by Gasteiger charge is 2.32. The summed E-state index contributed by atoms with van der Waals surface area (Å²) in [5.41, 5.74) is 1.11. The summed E-state index contributed by atoms with van der Waals surface area (Å²) >= 11 is 0. The number of carbonyl (C=O) groups is 3. The highest BCUT2D eigenvalue weighted by atomic mass is 16.2. The Morgan fingerprint density at radius 2 is 2.00 bits per heavy atom. The van der Waals surface area contributed by atoms with Gasteiger partial charge in [-0.1, -0.05) is 43.7 Å². The zero-order valence-corrected chi connectivity index (χ0v) is 15.0. The van der Waals surface area contributed by atoms with Gasteiger partial charge < -0.3 is 15.5 Å². The second kappa shape index (κ2) is 9.20. The minimum Gasteiger partial charge on any atom is -0.354 e. The van der Waals surface area contributed by atoms with Crippen LogP contribution in [0.3, 0.4) is 0 Å². The minimum absolute atomic E-state index is 0.00521. The standard InChI is InChI=1S/C19H27N3O3/c1-3-4-10-20-19(25)14(2)21-17(23)13-22-12-16(11-18(22)24)15-8-6-5-7-9-15/h5-9,14,16H,3-4,10-13H2,1-2H3,(H,20,25)(H,21,23)/t14-,16+/m1/s1. The van der Waals surface area contributed by atoms with Crippen molar-refractivity contribution in [3.05, 3.63) is 35.9 Å². The van der Waals surface area contributed by atoms with E-state index in [1.165, 1.54) is 0 Å². The van der Waals surface area contributed by atoms with Crippen LogP contribution in [0.1, 0.15) is 44.6 Å². The SMILES string of the molecule is CCCCNC(=O)[C@@H](C)NC(=O)CN1C[C@@H](c2ccccc2)CC1=O. The first kappa shape index (κ1) is 19.0. The van der Waals surface area contributed by atoms with Crippen LogP contribution in [0, 0.1) is 0 Å². The first-order chi connectivity index (χ1) is 12.0. The first-order valence-corrected chi connectivity index (χ1v) is 8.91. The summed E-state index contributed by atoms with van der Waals surface area (Å²) in [6, 6.07) is 9.25. The fraction of sp³-hybridized carbons (Fsp3) is 0.526. The molecule has 0 bridgehead atoms. The van der Waals surface area contributed by atoms with E-state index in [0.717, 1.165) is 18.4 Å². The third kappa shape index (κ3) is 5.59. The molecule has 0 saturated carbocycles. The number of carbonyl (C=O) groups excluding carboxylic acids is 3. The van der Waals surface area contributed by atoms with Gasteiger partial charge in [0, 0.05) is 25.4 Å². The van der Waals surface area contributed by atoms with Crippen LogP contribution in [0.4, 0.5) is 0 Å². The molecular formula is C19H27N3O3. The number of benzene rings is 1. The van der Waals surface area contributed by atoms with Gasteiger partial charge in [-0.15, -0.1) is 0 Å². The lowest BCUT2D eigenvalue weighted by Gasteiger charge is -2.19. The number of hydrogen-bond acceptors (Lipinski definition) is 3. The van der Waals surface area contributed by atoms with Crippen LogP contribution in [0.2, 0.25) is 0 Å². The second-order valence-electron chi connectivity index (χ2n) is 6.52. The van der Waals surface area contributed by atoms with Gasteiger partial charge in [-0.3, -0.25) is 14.4 Å². The molecule has 25 heavy (non-hydrogen) atoms. The van der Waals surface area contributed by atoms with Gasteiger partial charge in [-0.05, 0) is 18.9 Å². The largest absolute Gasteiger partial charge is 0.354 e. The third-order valence-electron chi connectivity index (χ3n) is 4.42. The molecule has 1 fully saturated rings. The van der Waals surface area contributed by atoms with Crippen molar-refractivity contribution in [3.63, 3.8) is 0 Å². The Hall–Kier alpha value is -2.37. The molecule has 136 valence electrons. The summed E-state index contributed by atoms with van der Waals surface area (Å²) < 4.78 is 0. The van der Waals surface area contributed by atoms with E-state index >= 15 is 0 Å². The zero-order chi connectivity index (χ0) is 18.2. The molecule has 0 aliphatic carbocycles. The van der Waals surface area contributed by atoms with Crippen LogP contribution in [0.15, 0.2) is 30.3 Å². The quantitative estimate of drug-likeness (QED) is 0.700. The van der Waals surface area contributed by atoms with E-state index in [-0.39, 0.29) is 30.2 Å². The van der Waals surface area contributed by atoms with Gasteiger partial charge in [-0.25, -0.2) is 0 Å². The summed E-state index contributed by atoms with van der Waals surface area (Å²) in [7, 11) is 0. The van der Waals surface area contributed by atoms with Crippen LogP contribution in [0.25, 0.3) is 0 Å². The Bertz CT molecular complexity index is 603. The van der Waals surface area contributed by atoms with Crippen molar-refractivity contribution in [2.45, 2.75) is 45.1 Å².